The van der Waals surface area contributed by atoms with E-state index in [1.54, 1.807) is 0 Å². The van der Waals surface area contributed by atoms with Gasteiger partial charge in [-0.05, 0) is 49.7 Å². The van der Waals surface area contributed by atoms with Crippen molar-refractivity contribution in [1.29, 1.82) is 0 Å². The van der Waals surface area contributed by atoms with Crippen LogP contribution in [-0.4, -0.2) is 11.4 Å². The van der Waals surface area contributed by atoms with Crippen LogP contribution in [0.4, 0.5) is 14.9 Å². The van der Waals surface area contributed by atoms with Crippen molar-refractivity contribution in [3.8, 4) is 0 Å². The van der Waals surface area contributed by atoms with Crippen LogP contribution in [0, 0.1) is 5.82 Å². The van der Waals surface area contributed by atoms with Crippen molar-refractivity contribution in [2.75, 3.05) is 4.90 Å². The summed E-state index contributed by atoms with van der Waals surface area (Å²) in [7, 11) is 0. The largest absolute Gasteiger partial charge is 0.321 e. The molecule has 2 nitrogen and oxygen atoms in total. The Labute approximate surface area is 87.3 Å². The highest BCUT2D eigenvalue weighted by molar-refractivity contribution is 6.66. The first-order chi connectivity index (χ1) is 6.52. The van der Waals surface area contributed by atoms with E-state index in [1.165, 1.54) is 29.2 Å². The summed E-state index contributed by atoms with van der Waals surface area (Å²) in [6.07, 6.45) is 0. The number of nitrogens with zero attached hydrogens (tertiary/aromatic N) is 1. The quantitative estimate of drug-likeness (QED) is 0.547. The molecule has 0 aliphatic heterocycles. The summed E-state index contributed by atoms with van der Waals surface area (Å²) in [6.45, 7) is 3.67. The third-order valence-electron chi connectivity index (χ3n) is 1.81. The predicted molar refractivity (Wildman–Crippen MR) is 55.3 cm³/mol. The van der Waals surface area contributed by atoms with E-state index in [-0.39, 0.29) is 11.9 Å². The maximum absolute atomic E-state index is 12.6. The molecule has 0 aliphatic rings. The molecule has 0 spiro atoms. The molecule has 76 valence electrons. The summed E-state index contributed by atoms with van der Waals surface area (Å²) < 4.78 is 12.6. The topological polar surface area (TPSA) is 20.3 Å². The van der Waals surface area contributed by atoms with Crippen LogP contribution in [0.5, 0.6) is 0 Å². The lowest BCUT2D eigenvalue weighted by Gasteiger charge is -2.23. The van der Waals surface area contributed by atoms with Crippen LogP contribution in [0.2, 0.25) is 0 Å². The van der Waals surface area contributed by atoms with Gasteiger partial charge in [-0.25, -0.2) is 4.39 Å². The Balaban J connectivity index is 3.00. The highest BCUT2D eigenvalue weighted by Crippen LogP contribution is 2.19. The number of hydrogen-bond acceptors (Lipinski definition) is 1. The van der Waals surface area contributed by atoms with E-state index >= 15 is 0 Å². The van der Waals surface area contributed by atoms with Crippen molar-refractivity contribution in [3.05, 3.63) is 30.1 Å². The lowest BCUT2D eigenvalue weighted by molar-refractivity contribution is 0.263. The second-order valence-electron chi connectivity index (χ2n) is 3.19. The fourth-order valence-corrected chi connectivity index (χ4v) is 1.50. The molecule has 1 aromatic rings. The fourth-order valence-electron chi connectivity index (χ4n) is 1.20. The second kappa shape index (κ2) is 4.42. The van der Waals surface area contributed by atoms with E-state index in [1.807, 2.05) is 13.8 Å². The molecule has 0 heterocycles. The molecule has 0 saturated heterocycles. The number of amides is 1. The summed E-state index contributed by atoms with van der Waals surface area (Å²) in [6, 6.07) is 5.59. The first-order valence-corrected chi connectivity index (χ1v) is 4.64. The zero-order valence-electron chi connectivity index (χ0n) is 8.00. The van der Waals surface area contributed by atoms with Gasteiger partial charge in [-0.3, -0.25) is 9.69 Å². The average Bonchev–Trinajstić information content (AvgIpc) is 2.07. The number of benzene rings is 1. The third-order valence-corrected chi connectivity index (χ3v) is 1.99. The van der Waals surface area contributed by atoms with Gasteiger partial charge in [0.25, 0.3) is 0 Å². The van der Waals surface area contributed by atoms with E-state index in [2.05, 4.69) is 0 Å². The van der Waals surface area contributed by atoms with Crippen molar-refractivity contribution < 1.29 is 9.18 Å². The van der Waals surface area contributed by atoms with Crippen molar-refractivity contribution in [2.45, 2.75) is 19.9 Å². The number of anilines is 1. The van der Waals surface area contributed by atoms with Gasteiger partial charge in [-0.1, -0.05) is 0 Å². The van der Waals surface area contributed by atoms with Crippen LogP contribution in [0.25, 0.3) is 0 Å². The second-order valence-corrected chi connectivity index (χ2v) is 3.52. The minimum atomic E-state index is -0.563. The maximum atomic E-state index is 12.6. The normalized spacial score (nSPS) is 10.4. The van der Waals surface area contributed by atoms with E-state index in [4.69, 9.17) is 11.6 Å². The smallest absolute Gasteiger partial charge is 0.296 e. The summed E-state index contributed by atoms with van der Waals surface area (Å²) in [4.78, 5) is 12.5. The molecule has 0 atom stereocenters. The minimum Gasteiger partial charge on any atom is -0.296 e. The number of carbonyl (C=O) groups is 1. The Hall–Kier alpha value is -1.09. The van der Waals surface area contributed by atoms with Gasteiger partial charge in [0.2, 0.25) is 0 Å². The Morgan fingerprint density at radius 3 is 2.21 bits per heavy atom. The summed E-state index contributed by atoms with van der Waals surface area (Å²) in [5, 5.41) is -0.563. The SMILES string of the molecule is CC(C)N(C(=O)Cl)c1ccc(F)cc1. The molecule has 0 unspecified atom stereocenters. The number of rotatable bonds is 2. The van der Waals surface area contributed by atoms with Gasteiger partial charge >= 0.3 is 5.37 Å². The molecule has 1 amide bonds. The molecule has 4 heteroatoms. The minimum absolute atomic E-state index is 0.0505. The molecule has 0 aliphatic carbocycles. The maximum Gasteiger partial charge on any atom is 0.321 e. The standard InChI is InChI=1S/C10H11ClFNO/c1-7(2)13(10(11)14)9-5-3-8(12)4-6-9/h3-7H,1-2H3. The van der Waals surface area contributed by atoms with Gasteiger partial charge in [0.15, 0.2) is 0 Å². The monoisotopic (exact) mass is 215 g/mol. The molecule has 0 bridgehead atoms. The van der Waals surface area contributed by atoms with E-state index in [9.17, 15) is 9.18 Å². The van der Waals surface area contributed by atoms with Crippen LogP contribution in [0.1, 0.15) is 13.8 Å². The molecule has 0 N–H and O–H groups in total. The molecule has 0 saturated carbocycles. The van der Waals surface area contributed by atoms with Crippen LogP contribution in [0.3, 0.4) is 0 Å². The lowest BCUT2D eigenvalue weighted by Crippen LogP contribution is -2.32. The van der Waals surface area contributed by atoms with Crippen LogP contribution >= 0.6 is 11.6 Å². The van der Waals surface area contributed by atoms with Gasteiger partial charge < -0.3 is 0 Å². The molecule has 0 aromatic heterocycles. The van der Waals surface area contributed by atoms with E-state index in [0.29, 0.717) is 5.69 Å². The number of carbonyl (C=O) groups excluding carboxylic acids is 1. The van der Waals surface area contributed by atoms with Crippen LogP contribution in [0.15, 0.2) is 24.3 Å². The highest BCUT2D eigenvalue weighted by Gasteiger charge is 2.16. The van der Waals surface area contributed by atoms with E-state index < -0.39 is 5.37 Å². The van der Waals surface area contributed by atoms with Crippen molar-refractivity contribution in [2.24, 2.45) is 0 Å². The van der Waals surface area contributed by atoms with Gasteiger partial charge in [0.1, 0.15) is 5.82 Å². The third kappa shape index (κ3) is 2.45. The number of halogens is 2. The zero-order valence-corrected chi connectivity index (χ0v) is 8.75. The Kier molecular flexibility index (Phi) is 3.47. The molecule has 0 radical (unpaired) electrons. The summed E-state index contributed by atoms with van der Waals surface area (Å²) in [5.74, 6) is -0.334. The Bertz CT molecular complexity index is 323. The summed E-state index contributed by atoms with van der Waals surface area (Å²) >= 11 is 5.41. The Morgan fingerprint density at radius 2 is 1.86 bits per heavy atom. The van der Waals surface area contributed by atoms with Gasteiger partial charge in [0.05, 0.1) is 0 Å². The highest BCUT2D eigenvalue weighted by atomic mass is 35.5. The van der Waals surface area contributed by atoms with Crippen molar-refractivity contribution in [3.63, 3.8) is 0 Å². The van der Waals surface area contributed by atoms with Gasteiger partial charge in [-0.15, -0.1) is 0 Å². The molecule has 14 heavy (non-hydrogen) atoms. The van der Waals surface area contributed by atoms with Crippen molar-refractivity contribution in [1.82, 2.24) is 0 Å². The lowest BCUT2D eigenvalue weighted by atomic mass is 10.2. The van der Waals surface area contributed by atoms with Crippen LogP contribution in [-0.2, 0) is 0 Å². The molecule has 1 rings (SSSR count). The van der Waals surface area contributed by atoms with Crippen LogP contribution < -0.4 is 4.90 Å². The Morgan fingerprint density at radius 1 is 1.36 bits per heavy atom. The zero-order chi connectivity index (χ0) is 10.7. The molecular weight excluding hydrogens is 205 g/mol. The molecule has 0 fully saturated rings. The predicted octanol–water partition coefficient (Wildman–Crippen LogP) is 3.40. The van der Waals surface area contributed by atoms with Gasteiger partial charge in [-0.2, -0.15) is 0 Å². The van der Waals surface area contributed by atoms with Crippen molar-refractivity contribution >= 4 is 22.7 Å². The van der Waals surface area contributed by atoms with Gasteiger partial charge in [0, 0.05) is 11.7 Å². The average molecular weight is 216 g/mol. The van der Waals surface area contributed by atoms with E-state index in [0.717, 1.165) is 0 Å². The number of hydrogen-bond donors (Lipinski definition) is 0. The molecular formula is C10H11ClFNO. The first-order valence-electron chi connectivity index (χ1n) is 4.26. The fraction of sp³-hybridized carbons (Fsp3) is 0.300. The first kappa shape index (κ1) is 11.0. The summed E-state index contributed by atoms with van der Waals surface area (Å²) in [5.41, 5.74) is 0.599. The molecule has 1 aromatic carbocycles.